The van der Waals surface area contributed by atoms with Crippen molar-refractivity contribution in [1.29, 1.82) is 0 Å². The Balaban J connectivity index is 1.81. The molecule has 3 heteroatoms. The summed E-state index contributed by atoms with van der Waals surface area (Å²) in [5.74, 6) is -0.155. The molecule has 1 atom stereocenters. The molecule has 0 bridgehead atoms. The van der Waals surface area contributed by atoms with E-state index in [9.17, 15) is 4.79 Å². The van der Waals surface area contributed by atoms with E-state index in [0.29, 0.717) is 6.42 Å². The van der Waals surface area contributed by atoms with Gasteiger partial charge in [-0.25, -0.2) is 0 Å². The highest BCUT2D eigenvalue weighted by Crippen LogP contribution is 2.34. The third-order valence-corrected chi connectivity index (χ3v) is 3.10. The van der Waals surface area contributed by atoms with Gasteiger partial charge in [0.1, 0.15) is 5.60 Å². The lowest BCUT2D eigenvalue weighted by atomic mass is 10.0. The molecule has 1 aromatic carbocycles. The summed E-state index contributed by atoms with van der Waals surface area (Å²) in [7, 11) is 1.42. The lowest BCUT2D eigenvalue weighted by Gasteiger charge is -2.05. The molecule has 18 heavy (non-hydrogen) atoms. The van der Waals surface area contributed by atoms with Crippen LogP contribution in [0.25, 0.3) is 6.08 Å². The Hall–Kier alpha value is -1.61. The summed E-state index contributed by atoms with van der Waals surface area (Å²) in [5.41, 5.74) is 1.02. The minimum absolute atomic E-state index is 0.149. The number of benzene rings is 1. The van der Waals surface area contributed by atoms with Gasteiger partial charge in [0.05, 0.1) is 13.7 Å². The molecule has 0 amide bonds. The van der Waals surface area contributed by atoms with Crippen molar-refractivity contribution in [2.24, 2.45) is 0 Å². The number of rotatable bonds is 6. The van der Waals surface area contributed by atoms with Crippen molar-refractivity contribution in [2.45, 2.75) is 24.9 Å². The number of esters is 1. The third kappa shape index (κ3) is 3.70. The maximum absolute atomic E-state index is 11.0. The summed E-state index contributed by atoms with van der Waals surface area (Å²) in [5, 5.41) is 0. The van der Waals surface area contributed by atoms with Crippen molar-refractivity contribution < 1.29 is 14.3 Å². The Morgan fingerprint density at radius 1 is 1.44 bits per heavy atom. The van der Waals surface area contributed by atoms with Crippen LogP contribution < -0.4 is 0 Å². The molecule has 2 rings (SSSR count). The quantitative estimate of drug-likeness (QED) is 0.572. The predicted molar refractivity (Wildman–Crippen MR) is 70.0 cm³/mol. The van der Waals surface area contributed by atoms with Gasteiger partial charge in [-0.2, -0.15) is 0 Å². The van der Waals surface area contributed by atoms with Crippen LogP contribution in [-0.2, 0) is 14.3 Å². The first-order valence-corrected chi connectivity index (χ1v) is 6.19. The van der Waals surface area contributed by atoms with E-state index in [1.54, 1.807) is 0 Å². The van der Waals surface area contributed by atoms with Crippen molar-refractivity contribution in [3.63, 3.8) is 0 Å². The van der Waals surface area contributed by atoms with Gasteiger partial charge in [-0.1, -0.05) is 36.4 Å². The molecule has 0 radical (unpaired) electrons. The van der Waals surface area contributed by atoms with Crippen LogP contribution >= 0.6 is 0 Å². The number of ether oxygens (including phenoxy) is 2. The van der Waals surface area contributed by atoms with Crippen molar-refractivity contribution in [3.8, 4) is 0 Å². The first-order chi connectivity index (χ1) is 8.74. The average Bonchev–Trinajstić information content (AvgIpc) is 3.18. The lowest BCUT2D eigenvalue weighted by Crippen LogP contribution is -2.08. The van der Waals surface area contributed by atoms with Crippen molar-refractivity contribution in [3.05, 3.63) is 42.0 Å². The second-order valence-corrected chi connectivity index (χ2v) is 4.53. The fourth-order valence-corrected chi connectivity index (χ4v) is 1.86. The van der Waals surface area contributed by atoms with Gasteiger partial charge in [-0.3, -0.25) is 4.79 Å². The molecule has 0 spiro atoms. The van der Waals surface area contributed by atoms with Crippen LogP contribution in [0.5, 0.6) is 0 Å². The van der Waals surface area contributed by atoms with Crippen LogP contribution in [0.3, 0.4) is 0 Å². The maximum Gasteiger partial charge on any atom is 0.305 e. The Morgan fingerprint density at radius 3 is 2.78 bits per heavy atom. The van der Waals surface area contributed by atoms with E-state index in [1.165, 1.54) is 12.7 Å². The molecule has 1 aliphatic heterocycles. The minimum atomic E-state index is -0.155. The van der Waals surface area contributed by atoms with E-state index < -0.39 is 0 Å². The van der Waals surface area contributed by atoms with E-state index >= 15 is 0 Å². The Bertz CT molecular complexity index is 419. The van der Waals surface area contributed by atoms with Crippen LogP contribution in [0.15, 0.2) is 36.4 Å². The monoisotopic (exact) mass is 246 g/mol. The zero-order valence-electron chi connectivity index (χ0n) is 10.6. The van der Waals surface area contributed by atoms with Gasteiger partial charge in [-0.15, -0.1) is 0 Å². The first-order valence-electron chi connectivity index (χ1n) is 6.19. The highest BCUT2D eigenvalue weighted by molar-refractivity contribution is 5.69. The topological polar surface area (TPSA) is 38.8 Å². The Kier molecular flexibility index (Phi) is 4.15. The molecule has 1 aliphatic rings. The smallest absolute Gasteiger partial charge is 0.305 e. The molecule has 0 aromatic heterocycles. The van der Waals surface area contributed by atoms with Gasteiger partial charge >= 0.3 is 5.97 Å². The van der Waals surface area contributed by atoms with Gasteiger partial charge in [0.2, 0.25) is 0 Å². The predicted octanol–water partition coefficient (Wildman–Crippen LogP) is 2.81. The van der Waals surface area contributed by atoms with Crippen LogP contribution in [0.2, 0.25) is 0 Å². The molecule has 1 heterocycles. The summed E-state index contributed by atoms with van der Waals surface area (Å²) in [6.07, 6.45) is 6.29. The zero-order valence-corrected chi connectivity index (χ0v) is 10.6. The van der Waals surface area contributed by atoms with Crippen molar-refractivity contribution >= 4 is 12.0 Å². The number of carbonyl (C=O) groups excluding carboxylic acids is 1. The summed E-state index contributed by atoms with van der Waals surface area (Å²) < 4.78 is 10.1. The summed E-state index contributed by atoms with van der Waals surface area (Å²) in [4.78, 5) is 11.0. The third-order valence-electron chi connectivity index (χ3n) is 3.10. The molecule has 1 fully saturated rings. The number of carbonyl (C=O) groups is 1. The van der Waals surface area contributed by atoms with E-state index in [4.69, 9.17) is 4.74 Å². The average molecular weight is 246 g/mol. The van der Waals surface area contributed by atoms with E-state index in [1.807, 2.05) is 18.2 Å². The minimum Gasteiger partial charge on any atom is -0.469 e. The molecule has 3 nitrogen and oxygen atoms in total. The second-order valence-electron chi connectivity index (χ2n) is 4.53. The normalized spacial score (nSPS) is 22.1. The first kappa shape index (κ1) is 12.8. The standard InChI is InChI=1S/C15H18O3/c1-17-14(16)8-5-10-15(12-18-15)11-9-13-6-3-2-4-7-13/h2-4,6-7,9,11H,5,8,10,12H2,1H3. The summed E-state index contributed by atoms with van der Waals surface area (Å²) >= 11 is 0. The van der Waals surface area contributed by atoms with E-state index in [-0.39, 0.29) is 11.6 Å². The Labute approximate surface area is 107 Å². The SMILES string of the molecule is COC(=O)CCCC1(C=Cc2ccccc2)CO1. The van der Waals surface area contributed by atoms with E-state index in [0.717, 1.165) is 19.4 Å². The molecule has 1 aromatic rings. The van der Waals surface area contributed by atoms with Crippen LogP contribution in [-0.4, -0.2) is 25.3 Å². The fraction of sp³-hybridized carbons (Fsp3) is 0.400. The number of hydrogen-bond donors (Lipinski definition) is 0. The molecule has 1 saturated heterocycles. The number of epoxide rings is 1. The molecular weight excluding hydrogens is 228 g/mol. The largest absolute Gasteiger partial charge is 0.469 e. The maximum atomic E-state index is 11.0. The highest BCUT2D eigenvalue weighted by Gasteiger charge is 2.41. The lowest BCUT2D eigenvalue weighted by molar-refractivity contribution is -0.140. The molecule has 0 N–H and O–H groups in total. The van der Waals surface area contributed by atoms with Crippen molar-refractivity contribution in [2.75, 3.05) is 13.7 Å². The van der Waals surface area contributed by atoms with Gasteiger partial charge in [0, 0.05) is 6.42 Å². The molecule has 96 valence electrons. The van der Waals surface area contributed by atoms with Crippen LogP contribution in [0.1, 0.15) is 24.8 Å². The number of methoxy groups -OCH3 is 1. The van der Waals surface area contributed by atoms with Gasteiger partial charge in [-0.05, 0) is 24.5 Å². The van der Waals surface area contributed by atoms with Crippen molar-refractivity contribution in [1.82, 2.24) is 0 Å². The highest BCUT2D eigenvalue weighted by atomic mass is 16.6. The second kappa shape index (κ2) is 5.83. The van der Waals surface area contributed by atoms with Gasteiger partial charge in [0.25, 0.3) is 0 Å². The van der Waals surface area contributed by atoms with E-state index in [2.05, 4.69) is 29.0 Å². The molecule has 0 aliphatic carbocycles. The zero-order chi connectivity index (χ0) is 12.8. The van der Waals surface area contributed by atoms with Gasteiger partial charge in [0.15, 0.2) is 0 Å². The summed E-state index contributed by atoms with van der Waals surface area (Å²) in [6.45, 7) is 0.748. The molecule has 1 unspecified atom stereocenters. The fourth-order valence-electron chi connectivity index (χ4n) is 1.86. The molecular formula is C15H18O3. The number of hydrogen-bond acceptors (Lipinski definition) is 3. The Morgan fingerprint density at radius 2 is 2.17 bits per heavy atom. The van der Waals surface area contributed by atoms with Crippen LogP contribution in [0, 0.1) is 0 Å². The molecule has 0 saturated carbocycles. The van der Waals surface area contributed by atoms with Crippen LogP contribution in [0.4, 0.5) is 0 Å². The van der Waals surface area contributed by atoms with Gasteiger partial charge < -0.3 is 9.47 Å². The summed E-state index contributed by atoms with van der Waals surface area (Å²) in [6, 6.07) is 10.1.